The standard InChI is InChI=1S/C25H20N6O/c26-23(32)18-9-11-19(12-10-18)24-29-25(28-16-20-8-4-5-14-27-20)22-21(13-15-31(22)30-24)17-6-2-1-3-7-17/h1-15H,16H2,(H2,26,32)(H,28,29,30). The van der Waals surface area contributed by atoms with E-state index in [0.717, 1.165) is 27.9 Å². The van der Waals surface area contributed by atoms with E-state index >= 15 is 0 Å². The highest BCUT2D eigenvalue weighted by Gasteiger charge is 2.15. The Bertz CT molecular complexity index is 1380. The zero-order valence-electron chi connectivity index (χ0n) is 17.1. The van der Waals surface area contributed by atoms with E-state index in [2.05, 4.69) is 22.4 Å². The average Bonchev–Trinajstić information content (AvgIpc) is 3.28. The van der Waals surface area contributed by atoms with Gasteiger partial charge in [0.05, 0.1) is 12.2 Å². The predicted octanol–water partition coefficient (Wildman–Crippen LogP) is 4.17. The van der Waals surface area contributed by atoms with Gasteiger partial charge in [0.2, 0.25) is 5.91 Å². The van der Waals surface area contributed by atoms with Gasteiger partial charge in [-0.2, -0.15) is 0 Å². The third-order valence-corrected chi connectivity index (χ3v) is 5.19. The highest BCUT2D eigenvalue weighted by atomic mass is 16.1. The van der Waals surface area contributed by atoms with Gasteiger partial charge >= 0.3 is 0 Å². The molecule has 0 aliphatic heterocycles. The van der Waals surface area contributed by atoms with Crippen molar-refractivity contribution in [2.75, 3.05) is 5.32 Å². The summed E-state index contributed by atoms with van der Waals surface area (Å²) in [5.74, 6) is 0.763. The molecule has 0 spiro atoms. The van der Waals surface area contributed by atoms with Gasteiger partial charge in [0.15, 0.2) is 11.6 Å². The monoisotopic (exact) mass is 420 g/mol. The molecular weight excluding hydrogens is 400 g/mol. The molecular formula is C25H20N6O. The van der Waals surface area contributed by atoms with Crippen LogP contribution in [0.2, 0.25) is 0 Å². The molecule has 7 heteroatoms. The summed E-state index contributed by atoms with van der Waals surface area (Å²) >= 11 is 0. The number of aromatic nitrogens is 4. The number of rotatable bonds is 6. The Morgan fingerprint density at radius 1 is 0.906 bits per heavy atom. The van der Waals surface area contributed by atoms with Crippen molar-refractivity contribution in [1.82, 2.24) is 19.6 Å². The Hall–Kier alpha value is -4.52. The van der Waals surface area contributed by atoms with Crippen LogP contribution in [0.3, 0.4) is 0 Å². The SMILES string of the molecule is NC(=O)c1ccc(-c2nc(NCc3ccccn3)c3c(-c4ccccc4)ccn3n2)cc1. The Morgan fingerprint density at radius 2 is 1.69 bits per heavy atom. The highest BCUT2D eigenvalue weighted by Crippen LogP contribution is 2.31. The fourth-order valence-corrected chi connectivity index (χ4v) is 3.58. The topological polar surface area (TPSA) is 98.2 Å². The van der Waals surface area contributed by atoms with Crippen LogP contribution < -0.4 is 11.1 Å². The van der Waals surface area contributed by atoms with Crippen LogP contribution in [0.15, 0.2) is 91.3 Å². The molecule has 0 radical (unpaired) electrons. The molecule has 0 aliphatic carbocycles. The number of anilines is 1. The van der Waals surface area contributed by atoms with E-state index in [0.29, 0.717) is 23.8 Å². The van der Waals surface area contributed by atoms with E-state index in [-0.39, 0.29) is 0 Å². The van der Waals surface area contributed by atoms with Crippen LogP contribution in [0.4, 0.5) is 5.82 Å². The maximum Gasteiger partial charge on any atom is 0.248 e. The summed E-state index contributed by atoms with van der Waals surface area (Å²) < 4.78 is 1.83. The Balaban J connectivity index is 1.61. The number of nitrogens with one attached hydrogen (secondary N) is 1. The van der Waals surface area contributed by atoms with Crippen LogP contribution in [-0.4, -0.2) is 25.5 Å². The number of primary amides is 1. The molecule has 2 aromatic carbocycles. The number of hydrogen-bond acceptors (Lipinski definition) is 5. The molecule has 156 valence electrons. The molecule has 0 atom stereocenters. The summed E-state index contributed by atoms with van der Waals surface area (Å²) in [6, 6.07) is 24.9. The third-order valence-electron chi connectivity index (χ3n) is 5.19. The maximum atomic E-state index is 11.4. The van der Waals surface area contributed by atoms with Gasteiger partial charge in [-0.05, 0) is 35.9 Å². The van der Waals surface area contributed by atoms with Crippen LogP contribution in [-0.2, 0) is 6.54 Å². The van der Waals surface area contributed by atoms with Gasteiger partial charge in [-0.15, -0.1) is 5.10 Å². The first-order valence-electron chi connectivity index (χ1n) is 10.2. The minimum absolute atomic E-state index is 0.440. The third kappa shape index (κ3) is 3.79. The van der Waals surface area contributed by atoms with Gasteiger partial charge in [0.25, 0.3) is 0 Å². The lowest BCUT2D eigenvalue weighted by atomic mass is 10.1. The van der Waals surface area contributed by atoms with Gasteiger partial charge in [0, 0.05) is 29.1 Å². The van der Waals surface area contributed by atoms with Crippen LogP contribution in [0.1, 0.15) is 16.1 Å². The van der Waals surface area contributed by atoms with Crippen molar-refractivity contribution in [3.8, 4) is 22.5 Å². The van der Waals surface area contributed by atoms with Crippen molar-refractivity contribution >= 4 is 17.2 Å². The normalized spacial score (nSPS) is 10.9. The van der Waals surface area contributed by atoms with Crippen molar-refractivity contribution < 1.29 is 4.79 Å². The Morgan fingerprint density at radius 3 is 2.41 bits per heavy atom. The first kappa shape index (κ1) is 19.4. The molecule has 0 saturated carbocycles. The van der Waals surface area contributed by atoms with Crippen molar-refractivity contribution in [2.24, 2.45) is 5.73 Å². The number of amides is 1. The van der Waals surface area contributed by atoms with Crippen molar-refractivity contribution in [3.63, 3.8) is 0 Å². The fourth-order valence-electron chi connectivity index (χ4n) is 3.58. The van der Waals surface area contributed by atoms with Gasteiger partial charge in [-0.25, -0.2) is 9.50 Å². The van der Waals surface area contributed by atoms with Crippen LogP contribution in [0.5, 0.6) is 0 Å². The number of fused-ring (bicyclic) bond motifs is 1. The first-order valence-corrected chi connectivity index (χ1v) is 10.2. The van der Waals surface area contributed by atoms with Gasteiger partial charge in [0.1, 0.15) is 5.52 Å². The lowest BCUT2D eigenvalue weighted by Gasteiger charge is -2.12. The summed E-state index contributed by atoms with van der Waals surface area (Å²) in [4.78, 5) is 20.6. The molecule has 32 heavy (non-hydrogen) atoms. The molecule has 3 aromatic heterocycles. The average molecular weight is 420 g/mol. The predicted molar refractivity (Wildman–Crippen MR) is 124 cm³/mol. The number of carbonyl (C=O) groups excluding carboxylic acids is 1. The van der Waals surface area contributed by atoms with Crippen molar-refractivity contribution in [3.05, 3.63) is 103 Å². The molecule has 5 aromatic rings. The molecule has 3 heterocycles. The van der Waals surface area contributed by atoms with E-state index < -0.39 is 5.91 Å². The number of benzene rings is 2. The summed E-state index contributed by atoms with van der Waals surface area (Å²) in [6.07, 6.45) is 3.69. The van der Waals surface area contributed by atoms with Gasteiger partial charge in [-0.1, -0.05) is 48.5 Å². The van der Waals surface area contributed by atoms with Gasteiger partial charge in [-0.3, -0.25) is 9.78 Å². The molecule has 5 rings (SSSR count). The van der Waals surface area contributed by atoms with E-state index in [4.69, 9.17) is 15.8 Å². The minimum Gasteiger partial charge on any atom is -0.366 e. The lowest BCUT2D eigenvalue weighted by molar-refractivity contribution is 0.100. The molecule has 3 N–H and O–H groups in total. The molecule has 0 fully saturated rings. The summed E-state index contributed by atoms with van der Waals surface area (Å²) in [7, 11) is 0. The molecule has 0 aliphatic rings. The quantitative estimate of drug-likeness (QED) is 0.430. The molecule has 0 unspecified atom stereocenters. The number of nitrogens with zero attached hydrogens (tertiary/aromatic N) is 4. The second kappa shape index (κ2) is 8.31. The van der Waals surface area contributed by atoms with Crippen LogP contribution >= 0.6 is 0 Å². The maximum absolute atomic E-state index is 11.4. The number of hydrogen-bond donors (Lipinski definition) is 2. The smallest absolute Gasteiger partial charge is 0.248 e. The Labute approximate surface area is 184 Å². The Kier molecular flexibility index (Phi) is 5.05. The summed E-state index contributed by atoms with van der Waals surface area (Å²) in [6.45, 7) is 0.521. The number of carbonyl (C=O) groups is 1. The summed E-state index contributed by atoms with van der Waals surface area (Å²) in [5.41, 5.74) is 10.5. The van der Waals surface area contributed by atoms with Crippen LogP contribution in [0.25, 0.3) is 28.0 Å². The van der Waals surface area contributed by atoms with E-state index in [1.165, 1.54) is 0 Å². The molecule has 1 amide bonds. The zero-order chi connectivity index (χ0) is 21.9. The first-order chi connectivity index (χ1) is 15.7. The lowest BCUT2D eigenvalue weighted by Crippen LogP contribution is -2.10. The molecule has 7 nitrogen and oxygen atoms in total. The second-order valence-corrected chi connectivity index (χ2v) is 7.29. The molecule has 0 saturated heterocycles. The van der Waals surface area contributed by atoms with Crippen molar-refractivity contribution in [2.45, 2.75) is 6.54 Å². The van der Waals surface area contributed by atoms with E-state index in [1.807, 2.05) is 53.2 Å². The van der Waals surface area contributed by atoms with E-state index in [1.54, 1.807) is 30.5 Å². The van der Waals surface area contributed by atoms with Crippen molar-refractivity contribution in [1.29, 1.82) is 0 Å². The van der Waals surface area contributed by atoms with Gasteiger partial charge < -0.3 is 11.1 Å². The highest BCUT2D eigenvalue weighted by molar-refractivity contribution is 5.93. The van der Waals surface area contributed by atoms with Crippen LogP contribution in [0, 0.1) is 0 Å². The number of pyridine rings is 1. The minimum atomic E-state index is -0.469. The number of nitrogens with two attached hydrogens (primary N) is 1. The van der Waals surface area contributed by atoms with E-state index in [9.17, 15) is 4.79 Å². The summed E-state index contributed by atoms with van der Waals surface area (Å²) in [5, 5.41) is 8.15. The largest absolute Gasteiger partial charge is 0.366 e. The second-order valence-electron chi connectivity index (χ2n) is 7.29. The zero-order valence-corrected chi connectivity index (χ0v) is 17.1. The molecule has 0 bridgehead atoms. The fraction of sp³-hybridized carbons (Fsp3) is 0.0400.